The van der Waals surface area contributed by atoms with Crippen LogP contribution in [-0.2, 0) is 9.59 Å². The average molecular weight is 426 g/mol. The number of carbonyl (C=O) groups is 2. The first-order valence-electron chi connectivity index (χ1n) is 9.88. The molecule has 8 nitrogen and oxygen atoms in total. The highest BCUT2D eigenvalue weighted by atomic mass is 16.5. The molecule has 2 aromatic carbocycles. The van der Waals surface area contributed by atoms with Crippen LogP contribution in [0.5, 0.6) is 5.75 Å². The van der Waals surface area contributed by atoms with Gasteiger partial charge < -0.3 is 14.8 Å². The summed E-state index contributed by atoms with van der Waals surface area (Å²) in [6.45, 7) is 0. The number of aliphatic hydroxyl groups is 1. The molecule has 158 valence electrons. The van der Waals surface area contributed by atoms with Gasteiger partial charge >= 0.3 is 5.91 Å². The third-order valence-electron chi connectivity index (χ3n) is 5.41. The molecule has 0 bridgehead atoms. The summed E-state index contributed by atoms with van der Waals surface area (Å²) in [5.41, 5.74) is 2.33. The summed E-state index contributed by atoms with van der Waals surface area (Å²) in [5.74, 6) is -1.13. The second kappa shape index (κ2) is 7.66. The number of aliphatic hydroxyl groups excluding tert-OH is 1. The number of ketones is 1. The first-order valence-corrected chi connectivity index (χ1v) is 9.88. The molecule has 1 aliphatic rings. The lowest BCUT2D eigenvalue weighted by atomic mass is 9.96. The third-order valence-corrected chi connectivity index (χ3v) is 5.41. The van der Waals surface area contributed by atoms with E-state index in [1.807, 2.05) is 24.3 Å². The Hall–Kier alpha value is -4.46. The third kappa shape index (κ3) is 3.09. The minimum Gasteiger partial charge on any atom is -0.507 e. The van der Waals surface area contributed by atoms with Gasteiger partial charge in [0.25, 0.3) is 5.78 Å². The van der Waals surface area contributed by atoms with Crippen LogP contribution in [0.4, 0.5) is 5.95 Å². The molecule has 8 heteroatoms. The molecule has 0 saturated carbocycles. The highest BCUT2D eigenvalue weighted by molar-refractivity contribution is 6.51. The molecule has 4 aromatic rings. The number of rotatable bonds is 4. The number of Topliss-reactive ketones (excluding diaryl/α,β-unsaturated/α-hetero) is 1. The van der Waals surface area contributed by atoms with Crippen LogP contribution in [0.2, 0.25) is 0 Å². The topological polar surface area (TPSA) is 108 Å². The molecule has 1 unspecified atom stereocenters. The number of nitrogens with zero attached hydrogens (tertiary/aromatic N) is 3. The van der Waals surface area contributed by atoms with Crippen molar-refractivity contribution in [2.75, 3.05) is 12.0 Å². The van der Waals surface area contributed by atoms with Crippen LogP contribution in [0.1, 0.15) is 17.2 Å². The Morgan fingerprint density at radius 2 is 1.84 bits per heavy atom. The van der Waals surface area contributed by atoms with E-state index in [9.17, 15) is 14.7 Å². The molecule has 0 aliphatic carbocycles. The Labute approximate surface area is 182 Å². The maximum Gasteiger partial charge on any atom is 0.302 e. The number of H-pyrrole nitrogens is 1. The quantitative estimate of drug-likeness (QED) is 0.293. The zero-order valence-corrected chi connectivity index (χ0v) is 17.0. The molecule has 1 fully saturated rings. The van der Waals surface area contributed by atoms with Gasteiger partial charge in [-0.25, -0.2) is 4.98 Å². The van der Waals surface area contributed by atoms with E-state index in [0.717, 1.165) is 5.52 Å². The number of fused-ring (bicyclic) bond motifs is 1. The van der Waals surface area contributed by atoms with Gasteiger partial charge in [-0.1, -0.05) is 24.3 Å². The van der Waals surface area contributed by atoms with E-state index in [0.29, 0.717) is 22.4 Å². The lowest BCUT2D eigenvalue weighted by Crippen LogP contribution is -2.30. The summed E-state index contributed by atoms with van der Waals surface area (Å²) >= 11 is 0. The first kappa shape index (κ1) is 19.5. The average Bonchev–Trinajstić information content (AvgIpc) is 3.37. The van der Waals surface area contributed by atoms with E-state index in [4.69, 9.17) is 4.74 Å². The number of carbonyl (C=O) groups excluding carboxylic acids is 2. The molecule has 1 saturated heterocycles. The number of aromatic nitrogens is 3. The Bertz CT molecular complexity index is 1340. The van der Waals surface area contributed by atoms with Crippen molar-refractivity contribution >= 4 is 34.4 Å². The number of ether oxygens (including phenoxy) is 1. The number of para-hydroxylation sites is 2. The second-order valence-electron chi connectivity index (χ2n) is 7.26. The Balaban J connectivity index is 1.73. The van der Waals surface area contributed by atoms with E-state index < -0.39 is 17.7 Å². The van der Waals surface area contributed by atoms with Crippen LogP contribution in [0.25, 0.3) is 16.8 Å². The van der Waals surface area contributed by atoms with Crippen molar-refractivity contribution in [1.82, 2.24) is 15.0 Å². The first-order chi connectivity index (χ1) is 15.6. The number of nitrogens with one attached hydrogen (secondary N) is 1. The molecular weight excluding hydrogens is 408 g/mol. The van der Waals surface area contributed by atoms with Crippen LogP contribution in [0.3, 0.4) is 0 Å². The van der Waals surface area contributed by atoms with Gasteiger partial charge in [-0.3, -0.25) is 19.5 Å². The minimum atomic E-state index is -0.884. The largest absolute Gasteiger partial charge is 0.507 e. The maximum absolute atomic E-state index is 13.2. The number of anilines is 1. The lowest BCUT2D eigenvalue weighted by Gasteiger charge is -2.22. The van der Waals surface area contributed by atoms with Gasteiger partial charge in [0, 0.05) is 18.0 Å². The number of hydrogen-bond donors (Lipinski definition) is 2. The normalized spacial score (nSPS) is 17.8. The highest BCUT2D eigenvalue weighted by Crippen LogP contribution is 2.41. The van der Waals surface area contributed by atoms with E-state index in [1.165, 1.54) is 12.0 Å². The number of hydrogen-bond acceptors (Lipinski definition) is 6. The molecule has 1 aliphatic heterocycles. The number of methoxy groups -OCH3 is 1. The molecule has 5 rings (SSSR count). The van der Waals surface area contributed by atoms with Crippen molar-refractivity contribution in [3.8, 4) is 5.75 Å². The van der Waals surface area contributed by atoms with Crippen molar-refractivity contribution in [2.45, 2.75) is 6.04 Å². The SMILES string of the molecule is COc1cccc(/C(O)=C2\C(=O)C(=O)N(c3nc4ccccc4[nH]3)C2c2ccncc2)c1. The lowest BCUT2D eigenvalue weighted by molar-refractivity contribution is -0.132. The van der Waals surface area contributed by atoms with Crippen molar-refractivity contribution in [3.05, 3.63) is 89.8 Å². The Morgan fingerprint density at radius 1 is 1.06 bits per heavy atom. The summed E-state index contributed by atoms with van der Waals surface area (Å²) in [4.78, 5) is 39.3. The number of imidazole rings is 1. The van der Waals surface area contributed by atoms with Gasteiger partial charge in [0.1, 0.15) is 11.5 Å². The molecule has 2 N–H and O–H groups in total. The Morgan fingerprint density at radius 3 is 2.59 bits per heavy atom. The van der Waals surface area contributed by atoms with Gasteiger partial charge in [-0.2, -0.15) is 0 Å². The second-order valence-corrected chi connectivity index (χ2v) is 7.26. The highest BCUT2D eigenvalue weighted by Gasteiger charge is 2.48. The summed E-state index contributed by atoms with van der Waals surface area (Å²) in [7, 11) is 1.51. The molecule has 0 radical (unpaired) electrons. The fraction of sp³-hybridized carbons (Fsp3) is 0.0833. The van der Waals surface area contributed by atoms with E-state index in [2.05, 4.69) is 15.0 Å². The predicted molar refractivity (Wildman–Crippen MR) is 118 cm³/mol. The Kier molecular flexibility index (Phi) is 4.67. The van der Waals surface area contributed by atoms with E-state index in [1.54, 1.807) is 48.8 Å². The van der Waals surface area contributed by atoms with Crippen LogP contribution >= 0.6 is 0 Å². The van der Waals surface area contributed by atoms with Gasteiger partial charge in [0.15, 0.2) is 0 Å². The molecule has 0 spiro atoms. The number of pyridine rings is 1. The minimum absolute atomic E-state index is 0.0325. The van der Waals surface area contributed by atoms with Gasteiger partial charge in [0.2, 0.25) is 5.95 Å². The van der Waals surface area contributed by atoms with Crippen molar-refractivity contribution in [1.29, 1.82) is 0 Å². The van der Waals surface area contributed by atoms with E-state index in [-0.39, 0.29) is 17.3 Å². The summed E-state index contributed by atoms with van der Waals surface area (Å²) in [6.07, 6.45) is 3.14. The number of benzene rings is 2. The van der Waals surface area contributed by atoms with Crippen LogP contribution in [0.15, 0.2) is 78.6 Å². The van der Waals surface area contributed by atoms with E-state index >= 15 is 0 Å². The fourth-order valence-corrected chi connectivity index (χ4v) is 3.89. The zero-order valence-electron chi connectivity index (χ0n) is 17.0. The zero-order chi connectivity index (χ0) is 22.2. The van der Waals surface area contributed by atoms with Crippen LogP contribution in [0, 0.1) is 0 Å². The van der Waals surface area contributed by atoms with Gasteiger partial charge in [-0.15, -0.1) is 0 Å². The van der Waals surface area contributed by atoms with Crippen molar-refractivity contribution < 1.29 is 19.4 Å². The van der Waals surface area contributed by atoms with Crippen molar-refractivity contribution in [2.24, 2.45) is 0 Å². The maximum atomic E-state index is 13.2. The monoisotopic (exact) mass is 426 g/mol. The summed E-state index contributed by atoms with van der Waals surface area (Å²) in [5, 5.41) is 11.1. The molecule has 32 heavy (non-hydrogen) atoms. The molecule has 1 atom stereocenters. The van der Waals surface area contributed by atoms with Crippen molar-refractivity contribution in [3.63, 3.8) is 0 Å². The number of aromatic amines is 1. The molecule has 1 amide bonds. The summed E-state index contributed by atoms with van der Waals surface area (Å²) in [6, 6.07) is 16.5. The smallest absolute Gasteiger partial charge is 0.302 e. The van der Waals surface area contributed by atoms with Crippen LogP contribution in [-0.4, -0.2) is 38.9 Å². The molecule has 2 aromatic heterocycles. The summed E-state index contributed by atoms with van der Waals surface area (Å²) < 4.78 is 5.23. The predicted octanol–water partition coefficient (Wildman–Crippen LogP) is 3.59. The molecule has 3 heterocycles. The number of amides is 1. The standard InChI is InChI=1S/C24H18N4O4/c1-32-16-6-4-5-15(13-16)21(29)19-20(14-9-11-25-12-10-14)28(23(31)22(19)30)24-26-17-7-2-3-8-18(17)27-24/h2-13,20,29H,1H3,(H,26,27)/b21-19+. The van der Waals surface area contributed by atoms with Gasteiger partial charge in [-0.05, 0) is 42.0 Å². The van der Waals surface area contributed by atoms with Crippen LogP contribution < -0.4 is 9.64 Å². The fourth-order valence-electron chi connectivity index (χ4n) is 3.89. The van der Waals surface area contributed by atoms with Gasteiger partial charge in [0.05, 0.1) is 29.8 Å². The molecular formula is C24H18N4O4.